The molecule has 1 heterocycles. The van der Waals surface area contributed by atoms with Crippen LogP contribution in [0.15, 0.2) is 12.2 Å². The van der Waals surface area contributed by atoms with Crippen LogP contribution in [-0.4, -0.2) is 56.5 Å². The van der Waals surface area contributed by atoms with Crippen molar-refractivity contribution < 1.29 is 28.6 Å². The Morgan fingerprint density at radius 1 is 0.878 bits per heavy atom. The molecule has 238 valence electrons. The molecule has 1 aliphatic heterocycles. The average Bonchev–Trinajstić information content (AvgIpc) is 2.93. The van der Waals surface area contributed by atoms with E-state index < -0.39 is 29.2 Å². The van der Waals surface area contributed by atoms with E-state index in [4.69, 9.17) is 14.2 Å². The maximum Gasteiger partial charge on any atom is 0.310 e. The van der Waals surface area contributed by atoms with Gasteiger partial charge in [-0.2, -0.15) is 0 Å². The molecule has 41 heavy (non-hydrogen) atoms. The zero-order chi connectivity index (χ0) is 30.6. The highest BCUT2D eigenvalue weighted by Gasteiger charge is 2.45. The third-order valence-corrected chi connectivity index (χ3v) is 7.68. The van der Waals surface area contributed by atoms with Crippen LogP contribution in [0.1, 0.15) is 131 Å². The van der Waals surface area contributed by atoms with E-state index in [2.05, 4.69) is 29.7 Å². The van der Waals surface area contributed by atoms with Crippen molar-refractivity contribution >= 4 is 17.8 Å². The van der Waals surface area contributed by atoms with Gasteiger partial charge in [0.2, 0.25) is 11.8 Å². The summed E-state index contributed by atoms with van der Waals surface area (Å²) in [4.78, 5) is 37.5. The number of hydrogen-bond donors (Lipinski definition) is 2. The second kappa shape index (κ2) is 20.9. The second-order valence-electron chi connectivity index (χ2n) is 12.6. The lowest BCUT2D eigenvalue weighted by Gasteiger charge is -2.44. The number of esters is 1. The lowest BCUT2D eigenvalue weighted by Crippen LogP contribution is -2.57. The van der Waals surface area contributed by atoms with Gasteiger partial charge in [-0.05, 0) is 52.4 Å². The van der Waals surface area contributed by atoms with Crippen molar-refractivity contribution in [3.63, 3.8) is 0 Å². The molecule has 2 amide bonds. The minimum atomic E-state index is -0.854. The number of amides is 2. The molecule has 1 rings (SSSR count). The summed E-state index contributed by atoms with van der Waals surface area (Å²) in [6.07, 6.45) is 20.8. The molecule has 0 radical (unpaired) electrons. The van der Waals surface area contributed by atoms with Gasteiger partial charge in [0.25, 0.3) is 0 Å². The summed E-state index contributed by atoms with van der Waals surface area (Å²) in [5.74, 6) is -2.11. The maximum atomic E-state index is 12.9. The van der Waals surface area contributed by atoms with Gasteiger partial charge in [-0.25, -0.2) is 0 Å². The second-order valence-corrected chi connectivity index (χ2v) is 12.6. The molecule has 2 atom stereocenters. The van der Waals surface area contributed by atoms with E-state index in [0.717, 1.165) is 25.7 Å². The molecular weight excluding hydrogens is 520 g/mol. The summed E-state index contributed by atoms with van der Waals surface area (Å²) in [6.45, 7) is 10.5. The summed E-state index contributed by atoms with van der Waals surface area (Å²) in [7, 11) is 1.33. The molecule has 0 aromatic heterocycles. The summed E-state index contributed by atoms with van der Waals surface area (Å²) >= 11 is 0. The van der Waals surface area contributed by atoms with Gasteiger partial charge in [0, 0.05) is 24.9 Å². The van der Waals surface area contributed by atoms with Gasteiger partial charge in [0.15, 0.2) is 5.79 Å². The molecule has 2 unspecified atom stereocenters. The summed E-state index contributed by atoms with van der Waals surface area (Å²) in [5.41, 5.74) is -0.502. The number of rotatable bonds is 22. The molecule has 0 aromatic rings. The van der Waals surface area contributed by atoms with Crippen molar-refractivity contribution in [3.8, 4) is 0 Å². The lowest BCUT2D eigenvalue weighted by atomic mass is 9.85. The topological polar surface area (TPSA) is 103 Å². The van der Waals surface area contributed by atoms with E-state index in [1.54, 1.807) is 13.8 Å². The highest BCUT2D eigenvalue weighted by Crippen LogP contribution is 2.34. The molecule has 0 aliphatic carbocycles. The number of carbonyl (C=O) groups is 3. The molecule has 0 spiro atoms. The smallest absolute Gasteiger partial charge is 0.310 e. The minimum Gasteiger partial charge on any atom is -0.469 e. The fraction of sp³-hybridized carbons (Fsp3) is 0.848. The standard InChI is InChI=1S/C33H60N2O6/c1-7-8-9-10-11-12-13-14-15-16-17-18-19-20-21-22-28(36)34-24-23-27(31(38)39-6)25-35-30(37)29-32(2,3)26-40-33(4,5)41-29/h14-15,27,29H,7-13,16-26H2,1-6H3,(H,34,36)(H,35,37). The van der Waals surface area contributed by atoms with Gasteiger partial charge in [-0.15, -0.1) is 0 Å². The largest absolute Gasteiger partial charge is 0.469 e. The number of ether oxygens (including phenoxy) is 3. The Hall–Kier alpha value is -1.93. The Morgan fingerprint density at radius 2 is 1.46 bits per heavy atom. The van der Waals surface area contributed by atoms with E-state index in [9.17, 15) is 14.4 Å². The van der Waals surface area contributed by atoms with E-state index in [1.165, 1.54) is 64.9 Å². The van der Waals surface area contributed by atoms with E-state index in [1.807, 2.05) is 13.8 Å². The number of methoxy groups -OCH3 is 1. The monoisotopic (exact) mass is 580 g/mol. The molecule has 2 N–H and O–H groups in total. The van der Waals surface area contributed by atoms with E-state index in [-0.39, 0.29) is 18.4 Å². The molecule has 0 aromatic carbocycles. The fourth-order valence-electron chi connectivity index (χ4n) is 4.94. The predicted molar refractivity (Wildman–Crippen MR) is 164 cm³/mol. The first-order valence-corrected chi connectivity index (χ1v) is 16.1. The van der Waals surface area contributed by atoms with Gasteiger partial charge in [-0.3, -0.25) is 14.4 Å². The third-order valence-electron chi connectivity index (χ3n) is 7.68. The first-order chi connectivity index (χ1) is 19.5. The Bertz CT molecular complexity index is 780. The number of unbranched alkanes of at least 4 members (excludes halogenated alkanes) is 11. The van der Waals surface area contributed by atoms with Gasteiger partial charge >= 0.3 is 5.97 Å². The number of carbonyl (C=O) groups excluding carboxylic acids is 3. The van der Waals surface area contributed by atoms with Crippen LogP contribution in [-0.2, 0) is 28.6 Å². The lowest BCUT2D eigenvalue weighted by molar-refractivity contribution is -0.304. The van der Waals surface area contributed by atoms with Crippen molar-refractivity contribution in [2.75, 3.05) is 26.8 Å². The summed E-state index contributed by atoms with van der Waals surface area (Å²) in [5, 5.41) is 5.75. The third kappa shape index (κ3) is 16.9. The molecule has 0 saturated carbocycles. The molecule has 0 bridgehead atoms. The van der Waals surface area contributed by atoms with Crippen LogP contribution in [0, 0.1) is 11.3 Å². The van der Waals surface area contributed by atoms with Crippen molar-refractivity contribution in [3.05, 3.63) is 12.2 Å². The van der Waals surface area contributed by atoms with Gasteiger partial charge in [0.1, 0.15) is 6.10 Å². The first kappa shape index (κ1) is 37.1. The highest BCUT2D eigenvalue weighted by molar-refractivity contribution is 5.82. The molecule has 8 nitrogen and oxygen atoms in total. The Balaban J connectivity index is 2.17. The van der Waals surface area contributed by atoms with Crippen LogP contribution < -0.4 is 10.6 Å². The number of nitrogens with one attached hydrogen (secondary N) is 2. The highest BCUT2D eigenvalue weighted by atomic mass is 16.7. The zero-order valence-corrected chi connectivity index (χ0v) is 27.0. The van der Waals surface area contributed by atoms with Crippen LogP contribution >= 0.6 is 0 Å². The van der Waals surface area contributed by atoms with Crippen LogP contribution in [0.3, 0.4) is 0 Å². The van der Waals surface area contributed by atoms with Gasteiger partial charge in [0.05, 0.1) is 19.6 Å². The molecule has 1 fully saturated rings. The zero-order valence-electron chi connectivity index (χ0n) is 27.0. The first-order valence-electron chi connectivity index (χ1n) is 16.1. The average molecular weight is 581 g/mol. The van der Waals surface area contributed by atoms with Crippen LogP contribution in [0.25, 0.3) is 0 Å². The van der Waals surface area contributed by atoms with Crippen molar-refractivity contribution in [2.24, 2.45) is 11.3 Å². The molecule has 8 heteroatoms. The Kier molecular flexibility index (Phi) is 18.9. The molecule has 1 saturated heterocycles. The van der Waals surface area contributed by atoms with Crippen LogP contribution in [0.2, 0.25) is 0 Å². The van der Waals surface area contributed by atoms with Crippen LogP contribution in [0.5, 0.6) is 0 Å². The van der Waals surface area contributed by atoms with Crippen LogP contribution in [0.4, 0.5) is 0 Å². The molecular formula is C33H60N2O6. The Labute approximate surface area is 250 Å². The summed E-state index contributed by atoms with van der Waals surface area (Å²) < 4.78 is 16.5. The molecule has 1 aliphatic rings. The fourth-order valence-corrected chi connectivity index (χ4v) is 4.94. The van der Waals surface area contributed by atoms with Crippen molar-refractivity contribution in [1.82, 2.24) is 10.6 Å². The predicted octanol–water partition coefficient (Wildman–Crippen LogP) is 6.61. The van der Waals surface area contributed by atoms with Gasteiger partial charge < -0.3 is 24.8 Å². The van der Waals surface area contributed by atoms with Crippen molar-refractivity contribution in [2.45, 2.75) is 143 Å². The number of hydrogen-bond acceptors (Lipinski definition) is 6. The Morgan fingerprint density at radius 3 is 2.07 bits per heavy atom. The van der Waals surface area contributed by atoms with E-state index in [0.29, 0.717) is 26.0 Å². The SMILES string of the molecule is CCCCCCCCC=CCCCCCCCC(=O)NCCC(CNC(=O)C1OC(C)(C)OCC1(C)C)C(=O)OC. The maximum absolute atomic E-state index is 12.9. The quantitative estimate of drug-likeness (QED) is 0.0848. The minimum absolute atomic E-state index is 0.00475. The summed E-state index contributed by atoms with van der Waals surface area (Å²) in [6, 6.07) is 0. The van der Waals surface area contributed by atoms with Crippen molar-refractivity contribution in [1.29, 1.82) is 0 Å². The normalized spacial score (nSPS) is 18.6. The van der Waals surface area contributed by atoms with E-state index >= 15 is 0 Å². The van der Waals surface area contributed by atoms with Gasteiger partial charge in [-0.1, -0.05) is 84.3 Å². The number of allylic oxidation sites excluding steroid dienone is 2.